The van der Waals surface area contributed by atoms with Crippen molar-refractivity contribution >= 4 is 11.8 Å². The molecule has 1 N–H and O–H groups in total. The Hall–Kier alpha value is -1.58. The molecule has 2 rings (SSSR count). The van der Waals surface area contributed by atoms with E-state index in [9.17, 15) is 9.90 Å². The Morgan fingerprint density at radius 2 is 1.81 bits per heavy atom. The Kier molecular flexibility index (Phi) is 4.26. The maximum absolute atomic E-state index is 11.4. The van der Waals surface area contributed by atoms with Crippen molar-refractivity contribution < 1.29 is 9.90 Å². The van der Waals surface area contributed by atoms with Crippen molar-refractivity contribution in [3.63, 3.8) is 0 Å². The number of pyridine rings is 1. The van der Waals surface area contributed by atoms with Crippen LogP contribution in [0.4, 0.5) is 5.82 Å². The molecular weight excluding hydrogens is 264 g/mol. The van der Waals surface area contributed by atoms with Crippen molar-refractivity contribution in [2.45, 2.75) is 46.5 Å². The van der Waals surface area contributed by atoms with Crippen molar-refractivity contribution in [2.24, 2.45) is 11.8 Å². The van der Waals surface area contributed by atoms with E-state index in [1.807, 2.05) is 0 Å². The van der Waals surface area contributed by atoms with Crippen molar-refractivity contribution in [1.29, 1.82) is 0 Å². The van der Waals surface area contributed by atoms with Gasteiger partial charge in [0.1, 0.15) is 5.82 Å². The molecule has 0 saturated carbocycles. The second-order valence-electron chi connectivity index (χ2n) is 7.51. The molecule has 116 valence electrons. The second kappa shape index (κ2) is 5.66. The molecule has 4 heteroatoms. The molecule has 1 saturated heterocycles. The Bertz CT molecular complexity index is 524. The highest BCUT2D eigenvalue weighted by atomic mass is 16.4. The minimum atomic E-state index is -0.887. The minimum Gasteiger partial charge on any atom is -0.478 e. The van der Waals surface area contributed by atoms with Gasteiger partial charge < -0.3 is 10.0 Å². The second-order valence-corrected chi connectivity index (χ2v) is 7.51. The summed E-state index contributed by atoms with van der Waals surface area (Å²) in [4.78, 5) is 18.4. The zero-order valence-electron chi connectivity index (χ0n) is 13.7. The summed E-state index contributed by atoms with van der Waals surface area (Å²) in [5, 5.41) is 9.36. The number of carboxylic acids is 1. The van der Waals surface area contributed by atoms with Gasteiger partial charge >= 0.3 is 5.97 Å². The van der Waals surface area contributed by atoms with Gasteiger partial charge in [-0.25, -0.2) is 9.78 Å². The number of aromatic carboxylic acids is 1. The molecule has 1 aromatic heterocycles. The average Bonchev–Trinajstić information content (AvgIpc) is 2.36. The summed E-state index contributed by atoms with van der Waals surface area (Å²) in [6, 6.07) is 3.41. The number of hydrogen-bond acceptors (Lipinski definition) is 3. The van der Waals surface area contributed by atoms with Gasteiger partial charge in [-0.3, -0.25) is 0 Å². The van der Waals surface area contributed by atoms with E-state index in [2.05, 4.69) is 39.5 Å². The Labute approximate surface area is 127 Å². The number of hydrogen-bond donors (Lipinski definition) is 1. The van der Waals surface area contributed by atoms with Gasteiger partial charge in [-0.1, -0.05) is 34.6 Å². The van der Waals surface area contributed by atoms with Gasteiger partial charge in [-0.05, 0) is 30.4 Å². The van der Waals surface area contributed by atoms with Crippen LogP contribution in [0, 0.1) is 11.8 Å². The largest absolute Gasteiger partial charge is 0.478 e. The van der Waals surface area contributed by atoms with Gasteiger partial charge in [-0.2, -0.15) is 0 Å². The number of anilines is 1. The summed E-state index contributed by atoms with van der Waals surface area (Å²) in [6.07, 6.45) is 1.22. The first-order valence-electron chi connectivity index (χ1n) is 7.67. The van der Waals surface area contributed by atoms with Crippen LogP contribution in [0.3, 0.4) is 0 Å². The molecule has 1 aliphatic rings. The van der Waals surface area contributed by atoms with Crippen LogP contribution >= 0.6 is 0 Å². The fourth-order valence-electron chi connectivity index (χ4n) is 3.04. The van der Waals surface area contributed by atoms with Crippen molar-refractivity contribution in [3.05, 3.63) is 23.4 Å². The van der Waals surface area contributed by atoms with Crippen LogP contribution in [0.2, 0.25) is 0 Å². The van der Waals surface area contributed by atoms with Gasteiger partial charge in [0.15, 0.2) is 0 Å². The van der Waals surface area contributed by atoms with E-state index in [0.717, 1.165) is 24.6 Å². The molecule has 0 bridgehead atoms. The Morgan fingerprint density at radius 3 is 2.29 bits per heavy atom. The third-order valence-corrected chi connectivity index (χ3v) is 4.02. The molecule has 0 spiro atoms. The number of aromatic nitrogens is 1. The van der Waals surface area contributed by atoms with E-state index in [4.69, 9.17) is 4.98 Å². The van der Waals surface area contributed by atoms with Crippen molar-refractivity contribution in [2.75, 3.05) is 18.0 Å². The summed E-state index contributed by atoms with van der Waals surface area (Å²) in [5.41, 5.74) is 1.01. The van der Waals surface area contributed by atoms with Crippen LogP contribution in [0.25, 0.3) is 0 Å². The van der Waals surface area contributed by atoms with E-state index in [-0.39, 0.29) is 5.41 Å². The highest BCUT2D eigenvalue weighted by Crippen LogP contribution is 2.29. The molecule has 2 heterocycles. The maximum atomic E-state index is 11.4. The monoisotopic (exact) mass is 290 g/mol. The van der Waals surface area contributed by atoms with Gasteiger partial charge in [-0.15, -0.1) is 0 Å². The fraction of sp³-hybridized carbons (Fsp3) is 0.647. The predicted molar refractivity (Wildman–Crippen MR) is 85.1 cm³/mol. The molecule has 21 heavy (non-hydrogen) atoms. The third-order valence-electron chi connectivity index (χ3n) is 4.02. The van der Waals surface area contributed by atoms with Crippen LogP contribution in [0.5, 0.6) is 0 Å². The summed E-state index contributed by atoms with van der Waals surface area (Å²) in [5.74, 6) is 1.14. The molecule has 1 fully saturated rings. The standard InChI is InChI=1S/C17H26N2O2/c1-11-6-12(2)10-19(9-11)15-8-13(16(20)21)7-14(18-15)17(3,4)5/h7-8,11-12H,6,9-10H2,1-5H3,(H,20,21). The summed E-state index contributed by atoms with van der Waals surface area (Å²) < 4.78 is 0. The van der Waals surface area contributed by atoms with Crippen molar-refractivity contribution in [3.8, 4) is 0 Å². The SMILES string of the molecule is CC1CC(C)CN(c2cc(C(=O)O)cc(C(C)(C)C)n2)C1. The Morgan fingerprint density at radius 1 is 1.24 bits per heavy atom. The quantitative estimate of drug-likeness (QED) is 0.905. The minimum absolute atomic E-state index is 0.159. The first-order chi connectivity index (χ1) is 9.66. The number of piperidine rings is 1. The molecular formula is C17H26N2O2. The summed E-state index contributed by atoms with van der Waals surface area (Å²) in [6.45, 7) is 12.6. The van der Waals surface area contributed by atoms with E-state index in [1.54, 1.807) is 12.1 Å². The summed E-state index contributed by atoms with van der Waals surface area (Å²) >= 11 is 0. The number of carboxylic acid groups (broad SMARTS) is 1. The van der Waals surface area contributed by atoms with E-state index < -0.39 is 5.97 Å². The number of rotatable bonds is 2. The van der Waals surface area contributed by atoms with Crippen LogP contribution in [-0.4, -0.2) is 29.1 Å². The first kappa shape index (κ1) is 15.8. The van der Waals surface area contributed by atoms with Crippen molar-refractivity contribution in [1.82, 2.24) is 4.98 Å². The lowest BCUT2D eigenvalue weighted by Gasteiger charge is -2.36. The topological polar surface area (TPSA) is 53.4 Å². The Balaban J connectivity index is 2.42. The van der Waals surface area contributed by atoms with Gasteiger partial charge in [0.2, 0.25) is 0 Å². The fourth-order valence-corrected chi connectivity index (χ4v) is 3.04. The van der Waals surface area contributed by atoms with E-state index >= 15 is 0 Å². The average molecular weight is 290 g/mol. The molecule has 0 amide bonds. The molecule has 0 aromatic carbocycles. The van der Waals surface area contributed by atoms with Gasteiger partial charge in [0.05, 0.1) is 5.56 Å². The molecule has 2 atom stereocenters. The van der Waals surface area contributed by atoms with Crippen LogP contribution in [-0.2, 0) is 5.41 Å². The molecule has 0 aliphatic carbocycles. The van der Waals surface area contributed by atoms with Crippen LogP contribution < -0.4 is 4.90 Å². The van der Waals surface area contributed by atoms with E-state index in [1.165, 1.54) is 6.42 Å². The lowest BCUT2D eigenvalue weighted by atomic mass is 9.90. The van der Waals surface area contributed by atoms with Crippen LogP contribution in [0.1, 0.15) is 57.1 Å². The smallest absolute Gasteiger partial charge is 0.335 e. The molecule has 1 aromatic rings. The summed E-state index contributed by atoms with van der Waals surface area (Å²) in [7, 11) is 0. The maximum Gasteiger partial charge on any atom is 0.335 e. The zero-order valence-corrected chi connectivity index (χ0v) is 13.7. The lowest BCUT2D eigenvalue weighted by molar-refractivity contribution is 0.0696. The molecule has 1 aliphatic heterocycles. The number of carbonyl (C=O) groups is 1. The highest BCUT2D eigenvalue weighted by Gasteiger charge is 2.25. The number of nitrogens with zero attached hydrogens (tertiary/aromatic N) is 2. The highest BCUT2D eigenvalue weighted by molar-refractivity contribution is 5.88. The third kappa shape index (κ3) is 3.74. The lowest BCUT2D eigenvalue weighted by Crippen LogP contribution is -2.39. The normalized spacial score (nSPS) is 23.2. The predicted octanol–water partition coefficient (Wildman–Crippen LogP) is 3.56. The van der Waals surface area contributed by atoms with E-state index in [0.29, 0.717) is 17.4 Å². The first-order valence-corrected chi connectivity index (χ1v) is 7.67. The van der Waals surface area contributed by atoms with Gasteiger partial charge in [0.25, 0.3) is 0 Å². The van der Waals surface area contributed by atoms with Gasteiger partial charge in [0, 0.05) is 24.2 Å². The van der Waals surface area contributed by atoms with Crippen LogP contribution in [0.15, 0.2) is 12.1 Å². The molecule has 2 unspecified atom stereocenters. The molecule has 0 radical (unpaired) electrons. The molecule has 4 nitrogen and oxygen atoms in total. The zero-order chi connectivity index (χ0) is 15.8.